The number of nitrogens with zero attached hydrogens (tertiary/aromatic N) is 1. The topological polar surface area (TPSA) is 54.7 Å². The first kappa shape index (κ1) is 15.9. The van der Waals surface area contributed by atoms with Crippen molar-refractivity contribution in [3.05, 3.63) is 47.4 Å². The number of hydrogen-bond acceptors (Lipinski definition) is 4. The zero-order chi connectivity index (χ0) is 16.1. The van der Waals surface area contributed by atoms with E-state index in [1.165, 1.54) is 0 Å². The predicted octanol–water partition coefficient (Wildman–Crippen LogP) is 3.34. The van der Waals surface area contributed by atoms with E-state index in [2.05, 4.69) is 10.2 Å². The van der Waals surface area contributed by atoms with E-state index >= 15 is 0 Å². The van der Waals surface area contributed by atoms with Crippen LogP contribution in [0.15, 0.2) is 41.0 Å². The molecule has 0 atom stereocenters. The molecule has 1 aliphatic heterocycles. The first-order valence-corrected chi connectivity index (χ1v) is 8.04. The lowest BCUT2D eigenvalue weighted by atomic mass is 10.2. The summed E-state index contributed by atoms with van der Waals surface area (Å²) < 4.78 is 10.6. The monoisotopic (exact) mass is 334 g/mol. The summed E-state index contributed by atoms with van der Waals surface area (Å²) in [5.74, 6) is 0.748. The Bertz CT molecular complexity index is 652. The number of anilines is 2. The van der Waals surface area contributed by atoms with E-state index in [9.17, 15) is 4.79 Å². The van der Waals surface area contributed by atoms with Crippen molar-refractivity contribution in [2.24, 2.45) is 0 Å². The smallest absolute Gasteiger partial charge is 0.224 e. The van der Waals surface area contributed by atoms with Crippen molar-refractivity contribution in [3.63, 3.8) is 0 Å². The Hall–Kier alpha value is -1.98. The molecule has 2 heterocycles. The van der Waals surface area contributed by atoms with Crippen molar-refractivity contribution in [2.75, 3.05) is 36.5 Å². The average Bonchev–Trinajstić information content (AvgIpc) is 3.07. The summed E-state index contributed by atoms with van der Waals surface area (Å²) >= 11 is 6.09. The maximum atomic E-state index is 12.2. The predicted molar refractivity (Wildman–Crippen MR) is 90.1 cm³/mol. The zero-order valence-electron chi connectivity index (χ0n) is 12.8. The van der Waals surface area contributed by atoms with Crippen LogP contribution in [-0.4, -0.2) is 32.2 Å². The SMILES string of the molecule is O=C(CCc1ccco1)Nc1cc(Cl)ccc1N1CCOCC1. The minimum Gasteiger partial charge on any atom is -0.469 e. The van der Waals surface area contributed by atoms with Crippen LogP contribution in [0.5, 0.6) is 0 Å². The maximum Gasteiger partial charge on any atom is 0.224 e. The van der Waals surface area contributed by atoms with Crippen LogP contribution in [0.4, 0.5) is 11.4 Å². The maximum absolute atomic E-state index is 12.2. The van der Waals surface area contributed by atoms with Crippen molar-refractivity contribution in [1.29, 1.82) is 0 Å². The Morgan fingerprint density at radius 1 is 1.26 bits per heavy atom. The number of aryl methyl sites for hydroxylation is 1. The van der Waals surface area contributed by atoms with Gasteiger partial charge < -0.3 is 19.4 Å². The fourth-order valence-corrected chi connectivity index (χ4v) is 2.76. The Labute approximate surface area is 140 Å². The molecule has 2 aromatic rings. The van der Waals surface area contributed by atoms with Gasteiger partial charge in [0, 0.05) is 31.0 Å². The molecule has 1 saturated heterocycles. The number of halogens is 1. The molecule has 0 unspecified atom stereocenters. The molecule has 1 aromatic carbocycles. The van der Waals surface area contributed by atoms with Crippen LogP contribution >= 0.6 is 11.6 Å². The van der Waals surface area contributed by atoms with Crippen LogP contribution in [-0.2, 0) is 16.0 Å². The molecule has 3 rings (SSSR count). The molecular weight excluding hydrogens is 316 g/mol. The van der Waals surface area contributed by atoms with Gasteiger partial charge in [-0.15, -0.1) is 0 Å². The van der Waals surface area contributed by atoms with Crippen molar-refractivity contribution in [2.45, 2.75) is 12.8 Å². The van der Waals surface area contributed by atoms with Gasteiger partial charge in [0.15, 0.2) is 0 Å². The number of benzene rings is 1. The number of carbonyl (C=O) groups is 1. The van der Waals surface area contributed by atoms with Gasteiger partial charge in [-0.1, -0.05) is 11.6 Å². The molecule has 23 heavy (non-hydrogen) atoms. The number of carbonyl (C=O) groups excluding carboxylic acids is 1. The Morgan fingerprint density at radius 3 is 2.83 bits per heavy atom. The van der Waals surface area contributed by atoms with E-state index in [4.69, 9.17) is 20.8 Å². The normalized spacial score (nSPS) is 14.7. The van der Waals surface area contributed by atoms with E-state index in [-0.39, 0.29) is 5.91 Å². The van der Waals surface area contributed by atoms with Gasteiger partial charge in [-0.3, -0.25) is 4.79 Å². The highest BCUT2D eigenvalue weighted by Gasteiger charge is 2.16. The molecule has 5 nitrogen and oxygen atoms in total. The number of amides is 1. The summed E-state index contributed by atoms with van der Waals surface area (Å²) in [5, 5.41) is 3.56. The van der Waals surface area contributed by atoms with Crippen LogP contribution in [0, 0.1) is 0 Å². The van der Waals surface area contributed by atoms with Crippen LogP contribution in [0.1, 0.15) is 12.2 Å². The molecule has 0 radical (unpaired) electrons. The van der Waals surface area contributed by atoms with E-state index in [1.54, 1.807) is 12.3 Å². The fourth-order valence-electron chi connectivity index (χ4n) is 2.59. The number of rotatable bonds is 5. The van der Waals surface area contributed by atoms with Gasteiger partial charge in [0.25, 0.3) is 0 Å². The van der Waals surface area contributed by atoms with Gasteiger partial charge in [0.2, 0.25) is 5.91 Å². The number of morpholine rings is 1. The molecular formula is C17H19ClN2O3. The highest BCUT2D eigenvalue weighted by molar-refractivity contribution is 6.31. The number of nitrogens with one attached hydrogen (secondary N) is 1. The molecule has 0 saturated carbocycles. The Balaban J connectivity index is 1.67. The average molecular weight is 335 g/mol. The van der Waals surface area contributed by atoms with Crippen LogP contribution in [0.2, 0.25) is 5.02 Å². The standard InChI is InChI=1S/C17H19ClN2O3/c18-13-3-5-16(20-7-10-22-11-8-20)15(12-13)19-17(21)6-4-14-2-1-9-23-14/h1-3,5,9,12H,4,6-8,10-11H2,(H,19,21). The van der Waals surface area contributed by atoms with Crippen molar-refractivity contribution in [1.82, 2.24) is 0 Å². The molecule has 1 amide bonds. The Kier molecular flexibility index (Phi) is 5.20. The summed E-state index contributed by atoms with van der Waals surface area (Å²) in [7, 11) is 0. The van der Waals surface area contributed by atoms with E-state index in [1.807, 2.05) is 24.3 Å². The second-order valence-electron chi connectivity index (χ2n) is 5.39. The third-order valence-corrected chi connectivity index (χ3v) is 4.00. The minimum absolute atomic E-state index is 0.0572. The van der Waals surface area contributed by atoms with E-state index in [0.717, 1.165) is 30.2 Å². The molecule has 0 aliphatic carbocycles. The van der Waals surface area contributed by atoms with Gasteiger partial charge >= 0.3 is 0 Å². The quantitative estimate of drug-likeness (QED) is 0.911. The van der Waals surface area contributed by atoms with Gasteiger partial charge in [0.1, 0.15) is 5.76 Å². The van der Waals surface area contributed by atoms with Gasteiger partial charge in [-0.25, -0.2) is 0 Å². The minimum atomic E-state index is -0.0572. The highest BCUT2D eigenvalue weighted by Crippen LogP contribution is 2.30. The first-order chi connectivity index (χ1) is 11.2. The molecule has 122 valence electrons. The molecule has 6 heteroatoms. The van der Waals surface area contributed by atoms with Crippen molar-refractivity contribution >= 4 is 28.9 Å². The molecule has 0 spiro atoms. The van der Waals surface area contributed by atoms with E-state index in [0.29, 0.717) is 31.1 Å². The van der Waals surface area contributed by atoms with Gasteiger partial charge in [-0.2, -0.15) is 0 Å². The lowest BCUT2D eigenvalue weighted by molar-refractivity contribution is -0.116. The van der Waals surface area contributed by atoms with E-state index < -0.39 is 0 Å². The summed E-state index contributed by atoms with van der Waals surface area (Å²) in [6.07, 6.45) is 2.55. The summed E-state index contributed by atoms with van der Waals surface area (Å²) in [6, 6.07) is 9.25. The van der Waals surface area contributed by atoms with Crippen LogP contribution in [0.3, 0.4) is 0 Å². The third kappa shape index (κ3) is 4.27. The number of hydrogen-bond donors (Lipinski definition) is 1. The summed E-state index contributed by atoms with van der Waals surface area (Å²) in [5.41, 5.74) is 1.72. The van der Waals surface area contributed by atoms with Gasteiger partial charge in [-0.05, 0) is 30.3 Å². The molecule has 1 N–H and O–H groups in total. The largest absolute Gasteiger partial charge is 0.469 e. The molecule has 0 bridgehead atoms. The summed E-state index contributed by atoms with van der Waals surface area (Å²) in [4.78, 5) is 14.4. The first-order valence-electron chi connectivity index (χ1n) is 7.67. The number of furan rings is 1. The lowest BCUT2D eigenvalue weighted by Gasteiger charge is -2.30. The number of ether oxygens (including phenoxy) is 1. The summed E-state index contributed by atoms with van der Waals surface area (Å²) in [6.45, 7) is 2.98. The molecule has 1 fully saturated rings. The molecule has 1 aliphatic rings. The Morgan fingerprint density at radius 2 is 2.09 bits per heavy atom. The zero-order valence-corrected chi connectivity index (χ0v) is 13.5. The fraction of sp³-hybridized carbons (Fsp3) is 0.353. The van der Waals surface area contributed by atoms with Crippen molar-refractivity contribution in [3.8, 4) is 0 Å². The van der Waals surface area contributed by atoms with Gasteiger partial charge in [0.05, 0.1) is 30.9 Å². The molecule has 1 aromatic heterocycles. The lowest BCUT2D eigenvalue weighted by Crippen LogP contribution is -2.36. The second-order valence-corrected chi connectivity index (χ2v) is 5.82. The second kappa shape index (κ2) is 7.53. The highest BCUT2D eigenvalue weighted by atomic mass is 35.5. The third-order valence-electron chi connectivity index (χ3n) is 3.76. The van der Waals surface area contributed by atoms with Crippen LogP contribution < -0.4 is 10.2 Å². The van der Waals surface area contributed by atoms with Crippen LogP contribution in [0.25, 0.3) is 0 Å². The van der Waals surface area contributed by atoms with Crippen molar-refractivity contribution < 1.29 is 13.9 Å².